The molecule has 0 radical (unpaired) electrons. The Labute approximate surface area is 192 Å². The molecule has 3 aliphatic rings. The normalized spacial score (nSPS) is 44.4. The molecule has 0 aromatic heterocycles. The first-order valence-corrected chi connectivity index (χ1v) is 11.2. The Morgan fingerprint density at radius 2 is 1.55 bits per heavy atom. The summed E-state index contributed by atoms with van der Waals surface area (Å²) in [6.45, 7) is 4.99. The van der Waals surface area contributed by atoms with E-state index in [4.69, 9.17) is 18.9 Å². The van der Waals surface area contributed by atoms with Crippen molar-refractivity contribution in [3.05, 3.63) is 23.8 Å². The topological polar surface area (TPSA) is 179 Å². The number of hydrogen-bond donors (Lipinski definition) is 7. The largest absolute Gasteiger partial charge is 0.394 e. The van der Waals surface area contributed by atoms with Gasteiger partial charge in [-0.15, -0.1) is 0 Å². The third kappa shape index (κ3) is 6.00. The van der Waals surface area contributed by atoms with Gasteiger partial charge in [0.1, 0.15) is 48.8 Å². The van der Waals surface area contributed by atoms with Crippen molar-refractivity contribution in [1.29, 1.82) is 0 Å². The average Bonchev–Trinajstić information content (AvgIpc) is 2.81. The molecular weight excluding hydrogens is 440 g/mol. The lowest BCUT2D eigenvalue weighted by Crippen LogP contribution is -2.64. The van der Waals surface area contributed by atoms with E-state index >= 15 is 0 Å². The number of hydrogen-bond acceptors (Lipinski definition) is 11. The Morgan fingerprint density at radius 1 is 0.939 bits per heavy atom. The van der Waals surface area contributed by atoms with E-state index < -0.39 is 74.6 Å². The predicted octanol–water partition coefficient (Wildman–Crippen LogP) is -2.07. The summed E-state index contributed by atoms with van der Waals surface area (Å²) in [4.78, 5) is 0. The minimum Gasteiger partial charge on any atom is -0.394 e. The van der Waals surface area contributed by atoms with Gasteiger partial charge in [0.25, 0.3) is 0 Å². The van der Waals surface area contributed by atoms with Crippen LogP contribution >= 0.6 is 0 Å². The molecule has 3 rings (SSSR count). The molecule has 0 bridgehead atoms. The first-order chi connectivity index (χ1) is 15.7. The summed E-state index contributed by atoms with van der Waals surface area (Å²) >= 11 is 0. The highest BCUT2D eigenvalue weighted by Gasteiger charge is 2.50. The zero-order chi connectivity index (χ0) is 24.3. The van der Waals surface area contributed by atoms with E-state index in [9.17, 15) is 35.7 Å². The lowest BCUT2D eigenvalue weighted by molar-refractivity contribution is -0.366. The summed E-state index contributed by atoms with van der Waals surface area (Å²) in [6.07, 6.45) is -9.79. The molecule has 33 heavy (non-hydrogen) atoms. The lowest BCUT2D eigenvalue weighted by Gasteiger charge is -2.46. The molecule has 0 spiro atoms. The van der Waals surface area contributed by atoms with Crippen LogP contribution in [0.1, 0.15) is 26.2 Å². The maximum Gasteiger partial charge on any atom is 0.187 e. The van der Waals surface area contributed by atoms with Crippen LogP contribution in [0, 0.1) is 5.92 Å². The van der Waals surface area contributed by atoms with Crippen molar-refractivity contribution in [2.24, 2.45) is 5.92 Å². The number of ether oxygens (including phenoxy) is 4. The Kier molecular flexibility index (Phi) is 9.40. The van der Waals surface area contributed by atoms with E-state index in [1.165, 1.54) is 5.57 Å². The van der Waals surface area contributed by atoms with Gasteiger partial charge in [0, 0.05) is 0 Å². The average molecular weight is 477 g/mol. The van der Waals surface area contributed by atoms with E-state index in [0.29, 0.717) is 0 Å². The van der Waals surface area contributed by atoms with Gasteiger partial charge in [-0.3, -0.25) is 0 Å². The maximum absolute atomic E-state index is 10.6. The number of allylic oxidation sites excluding steroid dienone is 2. The van der Waals surface area contributed by atoms with Crippen molar-refractivity contribution in [3.8, 4) is 0 Å². The first kappa shape index (κ1) is 26.6. The number of rotatable bonds is 8. The van der Waals surface area contributed by atoms with Gasteiger partial charge in [0.15, 0.2) is 12.6 Å². The summed E-state index contributed by atoms with van der Waals surface area (Å²) in [7, 11) is 0. The minimum atomic E-state index is -1.71. The molecule has 2 heterocycles. The standard InChI is InChI=1S/C22H36O11/c1-10-3-5-12(6-4-10)11(2)9-30-22-20(18(28)16(26)14(8-24)32-22)33-21-19(29)17(27)15(25)13(7-23)31-21/h3,12-29H,2,4-9H2,1H3/t12-,13+,14+,15+,16+,17-,18-,19+,20+,21-,22+/m0/s1. The van der Waals surface area contributed by atoms with E-state index in [-0.39, 0.29) is 12.5 Å². The summed E-state index contributed by atoms with van der Waals surface area (Å²) < 4.78 is 22.4. The predicted molar refractivity (Wildman–Crippen MR) is 113 cm³/mol. The summed E-state index contributed by atoms with van der Waals surface area (Å²) in [5.74, 6) is 0.214. The highest BCUT2D eigenvalue weighted by Crippen LogP contribution is 2.32. The monoisotopic (exact) mass is 476 g/mol. The van der Waals surface area contributed by atoms with Crippen molar-refractivity contribution in [2.75, 3.05) is 19.8 Å². The van der Waals surface area contributed by atoms with E-state index in [1.54, 1.807) is 0 Å². The molecule has 7 N–H and O–H groups in total. The zero-order valence-electron chi connectivity index (χ0n) is 18.6. The molecule has 11 nitrogen and oxygen atoms in total. The van der Waals surface area contributed by atoms with Crippen LogP contribution in [0.5, 0.6) is 0 Å². The van der Waals surface area contributed by atoms with E-state index in [0.717, 1.165) is 24.8 Å². The smallest absolute Gasteiger partial charge is 0.187 e. The summed E-state index contributed by atoms with van der Waals surface area (Å²) in [6, 6.07) is 0. The molecule has 190 valence electrons. The van der Waals surface area contributed by atoms with Gasteiger partial charge in [-0.05, 0) is 37.7 Å². The Hall–Kier alpha value is -0.960. The van der Waals surface area contributed by atoms with Gasteiger partial charge in [-0.2, -0.15) is 0 Å². The van der Waals surface area contributed by atoms with Crippen molar-refractivity contribution in [1.82, 2.24) is 0 Å². The molecule has 2 saturated heterocycles. The van der Waals surface area contributed by atoms with Crippen molar-refractivity contribution in [3.63, 3.8) is 0 Å². The van der Waals surface area contributed by atoms with Gasteiger partial charge in [0.05, 0.1) is 19.8 Å². The van der Waals surface area contributed by atoms with Crippen LogP contribution in [0.15, 0.2) is 23.8 Å². The van der Waals surface area contributed by atoms with Gasteiger partial charge in [-0.1, -0.05) is 18.2 Å². The third-order valence-electron chi connectivity index (χ3n) is 6.61. The van der Waals surface area contributed by atoms with Crippen molar-refractivity contribution < 1.29 is 54.7 Å². The van der Waals surface area contributed by atoms with Crippen molar-refractivity contribution >= 4 is 0 Å². The maximum atomic E-state index is 10.6. The van der Waals surface area contributed by atoms with Crippen LogP contribution in [0.4, 0.5) is 0 Å². The lowest BCUT2D eigenvalue weighted by atomic mass is 9.85. The Balaban J connectivity index is 1.70. The molecule has 0 saturated carbocycles. The summed E-state index contributed by atoms with van der Waals surface area (Å²) in [5.41, 5.74) is 2.14. The molecule has 0 aromatic rings. The highest BCUT2D eigenvalue weighted by atomic mass is 16.8. The second-order valence-electron chi connectivity index (χ2n) is 9.00. The molecule has 0 aromatic carbocycles. The second kappa shape index (κ2) is 11.6. The van der Waals surface area contributed by atoms with Gasteiger partial charge < -0.3 is 54.7 Å². The van der Waals surface area contributed by atoms with E-state index in [2.05, 4.69) is 19.6 Å². The molecular formula is C22H36O11. The Bertz CT molecular complexity index is 683. The number of aliphatic hydroxyl groups is 7. The van der Waals surface area contributed by atoms with Crippen LogP contribution in [0.25, 0.3) is 0 Å². The zero-order valence-corrected chi connectivity index (χ0v) is 18.6. The van der Waals surface area contributed by atoms with Crippen LogP contribution < -0.4 is 0 Å². The second-order valence-corrected chi connectivity index (χ2v) is 9.00. The van der Waals surface area contributed by atoms with E-state index in [1.807, 2.05) is 0 Å². The molecule has 1 aliphatic carbocycles. The third-order valence-corrected chi connectivity index (χ3v) is 6.61. The van der Waals surface area contributed by atoms with Gasteiger partial charge >= 0.3 is 0 Å². The first-order valence-electron chi connectivity index (χ1n) is 11.2. The quantitative estimate of drug-likeness (QED) is 0.191. The summed E-state index contributed by atoms with van der Waals surface area (Å²) in [5, 5.41) is 70.0. The van der Waals surface area contributed by atoms with Crippen LogP contribution in [0.3, 0.4) is 0 Å². The minimum absolute atomic E-state index is 0.0672. The van der Waals surface area contributed by atoms with Crippen LogP contribution in [0.2, 0.25) is 0 Å². The molecule has 2 fully saturated rings. The molecule has 11 atom stereocenters. The molecule has 2 aliphatic heterocycles. The molecule has 0 amide bonds. The number of aliphatic hydroxyl groups excluding tert-OH is 7. The molecule has 11 heteroatoms. The fourth-order valence-corrected chi connectivity index (χ4v) is 4.31. The van der Waals surface area contributed by atoms with Crippen molar-refractivity contribution in [2.45, 2.75) is 87.6 Å². The molecule has 0 unspecified atom stereocenters. The van der Waals surface area contributed by atoms with Crippen LogP contribution in [-0.4, -0.2) is 117 Å². The van der Waals surface area contributed by atoms with Gasteiger partial charge in [0.2, 0.25) is 0 Å². The fraction of sp³-hybridized carbons (Fsp3) is 0.818. The Morgan fingerprint density at radius 3 is 2.12 bits per heavy atom. The van der Waals surface area contributed by atoms with Gasteiger partial charge in [-0.25, -0.2) is 0 Å². The van der Waals surface area contributed by atoms with Crippen LogP contribution in [-0.2, 0) is 18.9 Å². The SMILES string of the molecule is C=C(CO[C@@H]1O[C@H](CO)[C@@H](O)[C@H](O)[C@H]1O[C@@H]1O[C@H](CO)[C@@H](O)[C@H](O)[C@H]1O)[C@H]1CC=C(C)CC1. The fourth-order valence-electron chi connectivity index (χ4n) is 4.31. The highest BCUT2D eigenvalue weighted by molar-refractivity contribution is 5.12.